The van der Waals surface area contributed by atoms with Crippen LogP contribution in [0.5, 0.6) is 5.75 Å². The zero-order chi connectivity index (χ0) is 18.9. The van der Waals surface area contributed by atoms with E-state index < -0.39 is 0 Å². The van der Waals surface area contributed by atoms with Crippen LogP contribution in [-0.2, 0) is 4.79 Å². The van der Waals surface area contributed by atoms with Crippen molar-refractivity contribution in [2.75, 3.05) is 51.3 Å². The number of carbonyl (C=O) groups is 1. The third-order valence-corrected chi connectivity index (χ3v) is 4.76. The van der Waals surface area contributed by atoms with E-state index in [1.54, 1.807) is 13.2 Å². The number of piperazine rings is 1. The number of nitrogens with one attached hydrogen (secondary N) is 1. The largest absolute Gasteiger partial charge is 0.497 e. The molecule has 1 heterocycles. The van der Waals surface area contributed by atoms with E-state index in [0.717, 1.165) is 44.0 Å². The smallest absolute Gasteiger partial charge is 0.244 e. The first kappa shape index (κ1) is 19.0. The number of hydrogen-bond donors (Lipinski definition) is 1. The van der Waals surface area contributed by atoms with Crippen LogP contribution in [0.1, 0.15) is 5.56 Å². The zero-order valence-electron chi connectivity index (χ0n) is 15.8. The Morgan fingerprint density at radius 2 is 1.74 bits per heavy atom. The van der Waals surface area contributed by atoms with Gasteiger partial charge in [0.1, 0.15) is 5.75 Å². The minimum Gasteiger partial charge on any atom is -0.497 e. The van der Waals surface area contributed by atoms with Crippen molar-refractivity contribution in [1.82, 2.24) is 10.2 Å². The summed E-state index contributed by atoms with van der Waals surface area (Å²) in [5.74, 6) is 0.838. The summed E-state index contributed by atoms with van der Waals surface area (Å²) in [5.41, 5.74) is 2.26. The molecule has 0 bridgehead atoms. The Hall–Kier alpha value is -2.79. The summed E-state index contributed by atoms with van der Waals surface area (Å²) in [4.78, 5) is 16.7. The summed E-state index contributed by atoms with van der Waals surface area (Å²) in [6.45, 7) is 5.54. The van der Waals surface area contributed by atoms with Gasteiger partial charge in [0.25, 0.3) is 0 Å². The molecule has 1 aliphatic rings. The quantitative estimate of drug-likeness (QED) is 0.766. The highest BCUT2D eigenvalue weighted by atomic mass is 16.5. The topological polar surface area (TPSA) is 44.8 Å². The van der Waals surface area contributed by atoms with Gasteiger partial charge in [-0.1, -0.05) is 30.3 Å². The lowest BCUT2D eigenvalue weighted by atomic mass is 10.2. The van der Waals surface area contributed by atoms with Gasteiger partial charge >= 0.3 is 0 Å². The molecule has 142 valence electrons. The van der Waals surface area contributed by atoms with Crippen molar-refractivity contribution < 1.29 is 9.53 Å². The maximum Gasteiger partial charge on any atom is 0.244 e. The standard InChI is InChI=1S/C22H27N3O2/c1-27-21-10-8-20(9-11-21)25-17-15-24(16-18-25)14-13-23-22(26)12-7-19-5-3-2-4-6-19/h2-12H,13-18H2,1H3,(H,23,26)/b12-7+. The lowest BCUT2D eigenvalue weighted by molar-refractivity contribution is -0.116. The lowest BCUT2D eigenvalue weighted by Crippen LogP contribution is -2.48. The highest BCUT2D eigenvalue weighted by Gasteiger charge is 2.16. The maximum atomic E-state index is 11.9. The predicted octanol–water partition coefficient (Wildman–Crippen LogP) is 2.65. The molecule has 3 rings (SSSR count). The summed E-state index contributed by atoms with van der Waals surface area (Å²) >= 11 is 0. The van der Waals surface area contributed by atoms with Gasteiger partial charge in [-0.3, -0.25) is 9.69 Å². The van der Waals surface area contributed by atoms with Gasteiger partial charge in [0.2, 0.25) is 5.91 Å². The molecule has 1 aliphatic heterocycles. The molecule has 2 aromatic rings. The molecule has 0 atom stereocenters. The van der Waals surface area contributed by atoms with Crippen LogP contribution in [0, 0.1) is 0 Å². The van der Waals surface area contributed by atoms with Crippen LogP contribution in [0.3, 0.4) is 0 Å². The molecule has 1 fully saturated rings. The van der Waals surface area contributed by atoms with Crippen LogP contribution in [0.4, 0.5) is 5.69 Å². The fourth-order valence-electron chi connectivity index (χ4n) is 3.15. The number of benzene rings is 2. The summed E-state index contributed by atoms with van der Waals surface area (Å²) in [7, 11) is 1.68. The number of hydrogen-bond acceptors (Lipinski definition) is 4. The van der Waals surface area contributed by atoms with Crippen molar-refractivity contribution in [2.45, 2.75) is 0 Å². The molecule has 0 saturated carbocycles. The Morgan fingerprint density at radius 3 is 2.41 bits per heavy atom. The molecular formula is C22H27N3O2. The van der Waals surface area contributed by atoms with Crippen LogP contribution in [0.25, 0.3) is 6.08 Å². The fourth-order valence-corrected chi connectivity index (χ4v) is 3.15. The molecule has 0 aliphatic carbocycles. The normalized spacial score (nSPS) is 15.1. The average Bonchev–Trinajstić information content (AvgIpc) is 2.74. The van der Waals surface area contributed by atoms with Crippen LogP contribution >= 0.6 is 0 Å². The lowest BCUT2D eigenvalue weighted by Gasteiger charge is -2.36. The minimum absolute atomic E-state index is 0.0456. The summed E-state index contributed by atoms with van der Waals surface area (Å²) in [5, 5.41) is 2.96. The Morgan fingerprint density at radius 1 is 1.04 bits per heavy atom. The molecule has 0 unspecified atom stereocenters. The molecule has 5 nitrogen and oxygen atoms in total. The van der Waals surface area contributed by atoms with E-state index in [1.807, 2.05) is 48.5 Å². The highest BCUT2D eigenvalue weighted by molar-refractivity contribution is 5.91. The van der Waals surface area contributed by atoms with E-state index in [-0.39, 0.29) is 5.91 Å². The van der Waals surface area contributed by atoms with Gasteiger partial charge in [0, 0.05) is 51.0 Å². The second kappa shape index (κ2) is 9.78. The zero-order valence-corrected chi connectivity index (χ0v) is 15.8. The van der Waals surface area contributed by atoms with Crippen molar-refractivity contribution in [3.63, 3.8) is 0 Å². The van der Waals surface area contributed by atoms with E-state index in [1.165, 1.54) is 5.69 Å². The molecule has 1 N–H and O–H groups in total. The molecule has 5 heteroatoms. The fraction of sp³-hybridized carbons (Fsp3) is 0.318. The third-order valence-electron chi connectivity index (χ3n) is 4.76. The predicted molar refractivity (Wildman–Crippen MR) is 110 cm³/mol. The van der Waals surface area contributed by atoms with Crippen LogP contribution < -0.4 is 15.0 Å². The molecule has 0 spiro atoms. The van der Waals surface area contributed by atoms with E-state index in [9.17, 15) is 4.79 Å². The first-order chi connectivity index (χ1) is 13.2. The summed E-state index contributed by atoms with van der Waals surface area (Å²) in [6, 6.07) is 18.1. The summed E-state index contributed by atoms with van der Waals surface area (Å²) in [6.07, 6.45) is 3.43. The van der Waals surface area contributed by atoms with E-state index >= 15 is 0 Å². The number of ether oxygens (including phenoxy) is 1. The van der Waals surface area contributed by atoms with Crippen molar-refractivity contribution >= 4 is 17.7 Å². The number of carbonyl (C=O) groups excluding carboxylic acids is 1. The van der Waals surface area contributed by atoms with Gasteiger partial charge < -0.3 is 15.0 Å². The van der Waals surface area contributed by atoms with Crippen LogP contribution in [0.2, 0.25) is 0 Å². The number of nitrogens with zero attached hydrogens (tertiary/aromatic N) is 2. The molecule has 0 aromatic heterocycles. The van der Waals surface area contributed by atoms with Crippen LogP contribution in [0.15, 0.2) is 60.7 Å². The van der Waals surface area contributed by atoms with Gasteiger partial charge in [0.15, 0.2) is 0 Å². The van der Waals surface area contributed by atoms with Crippen molar-refractivity contribution in [3.05, 3.63) is 66.2 Å². The Kier molecular flexibility index (Phi) is 6.88. The molecule has 1 amide bonds. The van der Waals surface area contributed by atoms with Gasteiger partial charge in [-0.25, -0.2) is 0 Å². The molecule has 27 heavy (non-hydrogen) atoms. The van der Waals surface area contributed by atoms with Crippen molar-refractivity contribution in [1.29, 1.82) is 0 Å². The molecular weight excluding hydrogens is 338 g/mol. The maximum absolute atomic E-state index is 11.9. The first-order valence-corrected chi connectivity index (χ1v) is 9.37. The first-order valence-electron chi connectivity index (χ1n) is 9.37. The Bertz CT molecular complexity index is 736. The minimum atomic E-state index is -0.0456. The van der Waals surface area contributed by atoms with Crippen molar-refractivity contribution in [3.8, 4) is 5.75 Å². The average molecular weight is 365 g/mol. The number of methoxy groups -OCH3 is 1. The Labute approximate surface area is 161 Å². The molecule has 0 radical (unpaired) electrons. The van der Waals surface area contributed by atoms with Gasteiger partial charge in [0.05, 0.1) is 7.11 Å². The van der Waals surface area contributed by atoms with Crippen molar-refractivity contribution in [2.24, 2.45) is 0 Å². The van der Waals surface area contributed by atoms with Gasteiger partial charge in [-0.05, 0) is 35.9 Å². The highest BCUT2D eigenvalue weighted by Crippen LogP contribution is 2.20. The SMILES string of the molecule is COc1ccc(N2CCN(CCNC(=O)/C=C/c3ccccc3)CC2)cc1. The van der Waals surface area contributed by atoms with Gasteiger partial charge in [-0.15, -0.1) is 0 Å². The molecule has 2 aromatic carbocycles. The summed E-state index contributed by atoms with van der Waals surface area (Å²) < 4.78 is 5.21. The molecule has 1 saturated heterocycles. The number of rotatable bonds is 7. The van der Waals surface area contributed by atoms with Crippen LogP contribution in [-0.4, -0.2) is 57.2 Å². The second-order valence-electron chi connectivity index (χ2n) is 6.56. The number of anilines is 1. The van der Waals surface area contributed by atoms with Gasteiger partial charge in [-0.2, -0.15) is 0 Å². The van der Waals surface area contributed by atoms with E-state index in [2.05, 4.69) is 27.2 Å². The third kappa shape index (κ3) is 5.86. The monoisotopic (exact) mass is 365 g/mol. The second-order valence-corrected chi connectivity index (χ2v) is 6.56. The van der Waals surface area contributed by atoms with E-state index in [0.29, 0.717) is 6.54 Å². The van der Waals surface area contributed by atoms with E-state index in [4.69, 9.17) is 4.74 Å². The number of amides is 1. The Balaban J connectivity index is 1.35.